The minimum Gasteiger partial charge on any atom is -0.294 e. The van der Waals surface area contributed by atoms with Crippen LogP contribution in [-0.4, -0.2) is 5.78 Å². The summed E-state index contributed by atoms with van der Waals surface area (Å²) in [6, 6.07) is 8.22. The topological polar surface area (TPSA) is 17.1 Å². The number of carbonyl (C=O) groups is 1. The first-order valence-electron chi connectivity index (χ1n) is 5.17. The van der Waals surface area contributed by atoms with Crippen molar-refractivity contribution in [1.29, 1.82) is 0 Å². The molecule has 1 nitrogen and oxygen atoms in total. The van der Waals surface area contributed by atoms with Gasteiger partial charge in [-0.1, -0.05) is 19.9 Å². The molecule has 2 aromatic rings. The Morgan fingerprint density at radius 1 is 1.19 bits per heavy atom. The van der Waals surface area contributed by atoms with Crippen LogP contribution in [0.25, 0.3) is 0 Å². The predicted molar refractivity (Wildman–Crippen MR) is 70.8 cm³/mol. The number of ketones is 1. The maximum atomic E-state index is 11.3. The summed E-state index contributed by atoms with van der Waals surface area (Å²) in [5.74, 6) is 0.151. The predicted octanol–water partition coefficient (Wildman–Crippen LogP) is 4.34. The van der Waals surface area contributed by atoms with Gasteiger partial charge in [0, 0.05) is 15.2 Å². The second kappa shape index (κ2) is 4.15. The van der Waals surface area contributed by atoms with Crippen LogP contribution < -0.4 is 0 Å². The molecule has 3 heteroatoms. The maximum Gasteiger partial charge on any atom is 0.169 e. The Hall–Kier alpha value is -0.930. The van der Waals surface area contributed by atoms with E-state index in [0.29, 0.717) is 0 Å². The normalized spacial score (nSPS) is 11.7. The Bertz CT molecular complexity index is 492. The molecule has 0 aliphatic carbocycles. The number of Topliss-reactive ketones (excluding diaryl/α,β-unsaturated/α-hetero) is 1. The largest absolute Gasteiger partial charge is 0.294 e. The highest BCUT2D eigenvalue weighted by molar-refractivity contribution is 7.14. The van der Waals surface area contributed by atoms with Crippen molar-refractivity contribution in [3.8, 4) is 0 Å². The minimum atomic E-state index is 0.00648. The summed E-state index contributed by atoms with van der Waals surface area (Å²) < 4.78 is 0. The molecule has 0 spiro atoms. The quantitative estimate of drug-likeness (QED) is 0.741. The first kappa shape index (κ1) is 11.6. The Morgan fingerprint density at radius 2 is 1.94 bits per heavy atom. The van der Waals surface area contributed by atoms with Crippen molar-refractivity contribution in [3.05, 3.63) is 44.3 Å². The molecule has 0 unspecified atom stereocenters. The van der Waals surface area contributed by atoms with Gasteiger partial charge in [0.1, 0.15) is 0 Å². The van der Waals surface area contributed by atoms with Crippen LogP contribution in [0.3, 0.4) is 0 Å². The fraction of sp³-hybridized carbons (Fsp3) is 0.308. The van der Waals surface area contributed by atoms with E-state index >= 15 is 0 Å². The fourth-order valence-electron chi connectivity index (χ4n) is 1.62. The number of carbonyl (C=O) groups excluding carboxylic acids is 1. The first-order chi connectivity index (χ1) is 7.51. The van der Waals surface area contributed by atoms with Crippen molar-refractivity contribution in [3.63, 3.8) is 0 Å². The third kappa shape index (κ3) is 1.97. The van der Waals surface area contributed by atoms with Crippen molar-refractivity contribution in [2.45, 2.75) is 26.2 Å². The lowest BCUT2D eigenvalue weighted by Gasteiger charge is -2.21. The summed E-state index contributed by atoms with van der Waals surface area (Å²) in [6.45, 7) is 6.02. The van der Waals surface area contributed by atoms with E-state index in [1.54, 1.807) is 29.6 Å². The fourth-order valence-corrected chi connectivity index (χ4v) is 3.57. The molecule has 0 amide bonds. The SMILES string of the molecule is CC(=O)c1ccc(C(C)(C)c2cccs2)s1. The van der Waals surface area contributed by atoms with Crippen molar-refractivity contribution in [2.75, 3.05) is 0 Å². The molecule has 0 atom stereocenters. The van der Waals surface area contributed by atoms with Crippen molar-refractivity contribution < 1.29 is 4.79 Å². The average molecular weight is 250 g/mol. The van der Waals surface area contributed by atoms with Crippen molar-refractivity contribution >= 4 is 28.5 Å². The summed E-state index contributed by atoms with van der Waals surface area (Å²) >= 11 is 3.37. The maximum absolute atomic E-state index is 11.3. The lowest BCUT2D eigenvalue weighted by atomic mass is 9.90. The molecule has 0 fully saturated rings. The van der Waals surface area contributed by atoms with E-state index in [2.05, 4.69) is 37.4 Å². The van der Waals surface area contributed by atoms with Crippen LogP contribution in [-0.2, 0) is 5.41 Å². The minimum absolute atomic E-state index is 0.00648. The summed E-state index contributed by atoms with van der Waals surface area (Å²) in [4.78, 5) is 14.7. The van der Waals surface area contributed by atoms with Crippen molar-refractivity contribution in [1.82, 2.24) is 0 Å². The molecule has 84 valence electrons. The van der Waals surface area contributed by atoms with Gasteiger partial charge in [-0.2, -0.15) is 0 Å². The average Bonchev–Trinajstić information content (AvgIpc) is 2.90. The van der Waals surface area contributed by atoms with Crippen molar-refractivity contribution in [2.24, 2.45) is 0 Å². The first-order valence-corrected chi connectivity index (χ1v) is 6.86. The molecule has 0 saturated heterocycles. The van der Waals surface area contributed by atoms with Gasteiger partial charge in [-0.3, -0.25) is 4.79 Å². The Balaban J connectivity index is 2.39. The zero-order valence-electron chi connectivity index (χ0n) is 9.61. The van der Waals surface area contributed by atoms with Gasteiger partial charge in [-0.05, 0) is 30.5 Å². The highest BCUT2D eigenvalue weighted by Crippen LogP contribution is 2.38. The molecule has 16 heavy (non-hydrogen) atoms. The number of thiophene rings is 2. The third-order valence-electron chi connectivity index (χ3n) is 2.71. The molecule has 0 aliphatic heterocycles. The molecule has 0 aliphatic rings. The zero-order valence-corrected chi connectivity index (χ0v) is 11.2. The zero-order chi connectivity index (χ0) is 11.8. The molecule has 2 rings (SSSR count). The molecular formula is C13H14OS2. The molecule has 2 aromatic heterocycles. The van der Waals surface area contributed by atoms with Crippen LogP contribution in [0.5, 0.6) is 0 Å². The van der Waals surface area contributed by atoms with E-state index in [0.717, 1.165) is 4.88 Å². The number of hydrogen-bond acceptors (Lipinski definition) is 3. The monoisotopic (exact) mass is 250 g/mol. The van der Waals surface area contributed by atoms with Gasteiger partial charge in [-0.25, -0.2) is 0 Å². The van der Waals surface area contributed by atoms with Gasteiger partial charge < -0.3 is 0 Å². The second-order valence-corrected chi connectivity index (χ2v) is 6.35. The second-order valence-electron chi connectivity index (χ2n) is 4.32. The molecule has 0 saturated carbocycles. The highest BCUT2D eigenvalue weighted by atomic mass is 32.1. The van der Waals surface area contributed by atoms with E-state index < -0.39 is 0 Å². The number of rotatable bonds is 3. The summed E-state index contributed by atoms with van der Waals surface area (Å²) in [6.07, 6.45) is 0. The third-order valence-corrected chi connectivity index (χ3v) is 5.41. The molecule has 2 heterocycles. The molecular weight excluding hydrogens is 236 g/mol. The van der Waals surface area contributed by atoms with Gasteiger partial charge in [0.15, 0.2) is 5.78 Å². The van der Waals surface area contributed by atoms with Crippen LogP contribution in [0.1, 0.15) is 40.2 Å². The van der Waals surface area contributed by atoms with Crippen LogP contribution in [0, 0.1) is 0 Å². The van der Waals surface area contributed by atoms with E-state index in [4.69, 9.17) is 0 Å². The summed E-state index contributed by atoms with van der Waals surface area (Å²) in [5.41, 5.74) is 0.00648. The van der Waals surface area contributed by atoms with Crippen LogP contribution in [0.4, 0.5) is 0 Å². The Morgan fingerprint density at radius 3 is 2.44 bits per heavy atom. The lowest BCUT2D eigenvalue weighted by Crippen LogP contribution is -2.15. The molecule has 0 aromatic carbocycles. The van der Waals surface area contributed by atoms with Gasteiger partial charge in [-0.15, -0.1) is 22.7 Å². The van der Waals surface area contributed by atoms with Gasteiger partial charge in [0.25, 0.3) is 0 Å². The Labute approximate surface area is 104 Å². The summed E-state index contributed by atoms with van der Waals surface area (Å²) in [5, 5.41) is 2.09. The molecule has 0 radical (unpaired) electrons. The van der Waals surface area contributed by atoms with Gasteiger partial charge in [0.05, 0.1) is 4.88 Å². The van der Waals surface area contributed by atoms with Crippen LogP contribution >= 0.6 is 22.7 Å². The Kier molecular flexibility index (Phi) is 3.00. The number of hydrogen-bond donors (Lipinski definition) is 0. The standard InChI is InChI=1S/C13H14OS2/c1-9(14)10-6-7-12(16-10)13(2,3)11-5-4-8-15-11/h4-8H,1-3H3. The van der Waals surface area contributed by atoms with Gasteiger partial charge >= 0.3 is 0 Å². The van der Waals surface area contributed by atoms with Crippen LogP contribution in [0.2, 0.25) is 0 Å². The van der Waals surface area contributed by atoms with E-state index in [1.165, 1.54) is 9.75 Å². The van der Waals surface area contributed by atoms with E-state index in [-0.39, 0.29) is 11.2 Å². The smallest absolute Gasteiger partial charge is 0.169 e. The van der Waals surface area contributed by atoms with E-state index in [9.17, 15) is 4.79 Å². The summed E-state index contributed by atoms with van der Waals surface area (Å²) in [7, 11) is 0. The molecule has 0 bridgehead atoms. The van der Waals surface area contributed by atoms with Gasteiger partial charge in [0.2, 0.25) is 0 Å². The molecule has 0 N–H and O–H groups in total. The van der Waals surface area contributed by atoms with E-state index in [1.807, 2.05) is 6.07 Å². The highest BCUT2D eigenvalue weighted by Gasteiger charge is 2.26. The van der Waals surface area contributed by atoms with Crippen LogP contribution in [0.15, 0.2) is 29.6 Å². The lowest BCUT2D eigenvalue weighted by molar-refractivity contribution is 0.102.